The predicted molar refractivity (Wildman–Crippen MR) is 56.1 cm³/mol. The van der Waals surface area contributed by atoms with Crippen molar-refractivity contribution in [2.75, 3.05) is 19.0 Å². The maximum Gasteiger partial charge on any atom is 0.182 e. The Balaban J connectivity index is 3.21. The first-order chi connectivity index (χ1) is 6.93. The van der Waals surface area contributed by atoms with Crippen LogP contribution in [-0.2, 0) is 6.42 Å². The second-order valence-electron chi connectivity index (χ2n) is 3.82. The Morgan fingerprint density at radius 2 is 1.93 bits per heavy atom. The van der Waals surface area contributed by atoms with Crippen LogP contribution < -0.4 is 4.90 Å². The van der Waals surface area contributed by atoms with Crippen LogP contribution in [0.15, 0.2) is 12.1 Å². The summed E-state index contributed by atoms with van der Waals surface area (Å²) >= 11 is 0. The minimum atomic E-state index is -0.868. The molecule has 4 heteroatoms. The number of nitrogens with zero attached hydrogens (tertiary/aromatic N) is 1. The van der Waals surface area contributed by atoms with Gasteiger partial charge in [0.25, 0.3) is 0 Å². The fraction of sp³-hybridized carbons (Fsp3) is 0.455. The molecular weight excluding hydrogens is 200 g/mol. The molecule has 1 N–H and O–H groups in total. The van der Waals surface area contributed by atoms with E-state index in [2.05, 4.69) is 0 Å². The minimum Gasteiger partial charge on any atom is -0.393 e. The maximum atomic E-state index is 13.5. The number of benzene rings is 1. The van der Waals surface area contributed by atoms with Gasteiger partial charge in [0.05, 0.1) is 11.8 Å². The molecule has 0 saturated heterocycles. The third-order valence-electron chi connectivity index (χ3n) is 2.12. The number of hydrogen-bond acceptors (Lipinski definition) is 2. The largest absolute Gasteiger partial charge is 0.393 e. The molecule has 0 radical (unpaired) electrons. The average Bonchev–Trinajstić information content (AvgIpc) is 2.10. The van der Waals surface area contributed by atoms with Crippen LogP contribution in [-0.4, -0.2) is 25.3 Å². The van der Waals surface area contributed by atoms with Crippen LogP contribution in [0.5, 0.6) is 0 Å². The fourth-order valence-electron chi connectivity index (χ4n) is 1.55. The van der Waals surface area contributed by atoms with E-state index in [0.29, 0.717) is 12.0 Å². The first kappa shape index (κ1) is 11.9. The van der Waals surface area contributed by atoms with Crippen LogP contribution in [0.3, 0.4) is 0 Å². The number of anilines is 1. The highest BCUT2D eigenvalue weighted by Crippen LogP contribution is 2.26. The van der Waals surface area contributed by atoms with Gasteiger partial charge in [-0.3, -0.25) is 0 Å². The number of aliphatic hydroxyl groups excluding tert-OH is 1. The lowest BCUT2D eigenvalue weighted by atomic mass is 10.1. The minimum absolute atomic E-state index is 0.205. The lowest BCUT2D eigenvalue weighted by molar-refractivity contribution is 0.195. The Morgan fingerprint density at radius 3 is 2.40 bits per heavy atom. The predicted octanol–water partition coefficient (Wildman–Crippen LogP) is 1.95. The summed E-state index contributed by atoms with van der Waals surface area (Å²) in [6.45, 7) is 1.61. The van der Waals surface area contributed by atoms with E-state index in [0.717, 1.165) is 6.07 Å². The SMILES string of the molecule is C[C@H](O)Cc1ccc(F)c(F)c1N(C)C. The van der Waals surface area contributed by atoms with E-state index in [-0.39, 0.29) is 5.69 Å². The van der Waals surface area contributed by atoms with E-state index in [1.807, 2.05) is 0 Å². The number of halogens is 2. The normalized spacial score (nSPS) is 12.7. The van der Waals surface area contributed by atoms with Gasteiger partial charge in [-0.1, -0.05) is 6.07 Å². The topological polar surface area (TPSA) is 23.5 Å². The van der Waals surface area contributed by atoms with Crippen molar-refractivity contribution in [3.8, 4) is 0 Å². The quantitative estimate of drug-likeness (QED) is 0.833. The van der Waals surface area contributed by atoms with Crippen molar-refractivity contribution < 1.29 is 13.9 Å². The Bertz CT molecular complexity index is 351. The molecule has 1 aromatic rings. The van der Waals surface area contributed by atoms with Crippen LogP contribution in [0.25, 0.3) is 0 Å². The van der Waals surface area contributed by atoms with E-state index in [4.69, 9.17) is 0 Å². The Morgan fingerprint density at radius 1 is 1.33 bits per heavy atom. The van der Waals surface area contributed by atoms with E-state index >= 15 is 0 Å². The number of hydrogen-bond donors (Lipinski definition) is 1. The standard InChI is InChI=1S/C11H15F2NO/c1-7(15)6-8-4-5-9(12)10(13)11(8)14(2)3/h4-5,7,15H,6H2,1-3H3/t7-/m0/s1. The molecule has 2 nitrogen and oxygen atoms in total. The van der Waals surface area contributed by atoms with Gasteiger partial charge in [0, 0.05) is 20.5 Å². The molecule has 0 spiro atoms. The average molecular weight is 215 g/mol. The van der Waals surface area contributed by atoms with E-state index in [1.165, 1.54) is 11.0 Å². The molecule has 0 saturated carbocycles. The van der Waals surface area contributed by atoms with Crippen LogP contribution >= 0.6 is 0 Å². The van der Waals surface area contributed by atoms with Gasteiger partial charge in [-0.25, -0.2) is 8.78 Å². The van der Waals surface area contributed by atoms with Crippen LogP contribution in [0, 0.1) is 11.6 Å². The van der Waals surface area contributed by atoms with Crippen LogP contribution in [0.1, 0.15) is 12.5 Å². The third-order valence-corrected chi connectivity index (χ3v) is 2.12. The zero-order valence-corrected chi connectivity index (χ0v) is 9.09. The Kier molecular flexibility index (Phi) is 3.63. The van der Waals surface area contributed by atoms with E-state index < -0.39 is 17.7 Å². The van der Waals surface area contributed by atoms with Crippen molar-refractivity contribution in [3.63, 3.8) is 0 Å². The first-order valence-electron chi connectivity index (χ1n) is 4.75. The zero-order chi connectivity index (χ0) is 11.6. The van der Waals surface area contributed by atoms with Crippen LogP contribution in [0.2, 0.25) is 0 Å². The molecule has 0 unspecified atom stereocenters. The van der Waals surface area contributed by atoms with Crippen molar-refractivity contribution in [2.24, 2.45) is 0 Å². The Hall–Kier alpha value is -1.16. The van der Waals surface area contributed by atoms with Gasteiger partial charge in [-0.2, -0.15) is 0 Å². The maximum absolute atomic E-state index is 13.5. The van der Waals surface area contributed by atoms with E-state index in [9.17, 15) is 13.9 Å². The summed E-state index contributed by atoms with van der Waals surface area (Å²) in [4.78, 5) is 1.51. The smallest absolute Gasteiger partial charge is 0.182 e. The first-order valence-corrected chi connectivity index (χ1v) is 4.75. The molecule has 0 aliphatic carbocycles. The summed E-state index contributed by atoms with van der Waals surface area (Å²) in [6, 6.07) is 2.58. The highest BCUT2D eigenvalue weighted by molar-refractivity contribution is 5.54. The molecule has 84 valence electrons. The summed E-state index contributed by atoms with van der Waals surface area (Å²) in [5, 5.41) is 9.24. The monoisotopic (exact) mass is 215 g/mol. The van der Waals surface area contributed by atoms with Gasteiger partial charge in [0.15, 0.2) is 11.6 Å². The summed E-state index contributed by atoms with van der Waals surface area (Å²) in [5.74, 6) is -1.73. The molecule has 1 atom stereocenters. The molecule has 0 aliphatic heterocycles. The highest BCUT2D eigenvalue weighted by Gasteiger charge is 2.16. The third kappa shape index (κ3) is 2.65. The zero-order valence-electron chi connectivity index (χ0n) is 9.09. The van der Waals surface area contributed by atoms with Gasteiger partial charge < -0.3 is 10.0 Å². The van der Waals surface area contributed by atoms with Gasteiger partial charge in [-0.05, 0) is 18.6 Å². The van der Waals surface area contributed by atoms with Gasteiger partial charge in [0.1, 0.15) is 0 Å². The lowest BCUT2D eigenvalue weighted by Crippen LogP contribution is -2.16. The number of rotatable bonds is 3. The molecule has 1 aromatic carbocycles. The van der Waals surface area contributed by atoms with Crippen molar-refractivity contribution in [3.05, 3.63) is 29.3 Å². The van der Waals surface area contributed by atoms with Crippen molar-refractivity contribution in [1.29, 1.82) is 0 Å². The Labute approximate surface area is 88.1 Å². The molecule has 0 heterocycles. The second kappa shape index (κ2) is 4.57. The summed E-state index contributed by atoms with van der Waals surface area (Å²) in [7, 11) is 3.28. The van der Waals surface area contributed by atoms with Crippen molar-refractivity contribution in [1.82, 2.24) is 0 Å². The summed E-state index contributed by atoms with van der Waals surface area (Å²) < 4.78 is 26.5. The summed E-state index contributed by atoms with van der Waals surface area (Å²) in [6.07, 6.45) is -0.265. The fourth-order valence-corrected chi connectivity index (χ4v) is 1.55. The summed E-state index contributed by atoms with van der Waals surface area (Å²) in [5.41, 5.74) is 0.810. The van der Waals surface area contributed by atoms with Gasteiger partial charge in [0.2, 0.25) is 0 Å². The highest BCUT2D eigenvalue weighted by atomic mass is 19.2. The van der Waals surface area contributed by atoms with Gasteiger partial charge in [-0.15, -0.1) is 0 Å². The molecule has 1 rings (SSSR count). The molecule has 0 fully saturated rings. The van der Waals surface area contributed by atoms with Crippen LogP contribution in [0.4, 0.5) is 14.5 Å². The molecule has 0 amide bonds. The second-order valence-corrected chi connectivity index (χ2v) is 3.82. The molecule has 0 bridgehead atoms. The van der Waals surface area contributed by atoms with E-state index in [1.54, 1.807) is 21.0 Å². The van der Waals surface area contributed by atoms with Gasteiger partial charge >= 0.3 is 0 Å². The van der Waals surface area contributed by atoms with Crippen molar-refractivity contribution >= 4 is 5.69 Å². The number of aliphatic hydroxyl groups is 1. The van der Waals surface area contributed by atoms with Crippen molar-refractivity contribution in [2.45, 2.75) is 19.4 Å². The molecule has 0 aromatic heterocycles. The molecule has 0 aliphatic rings. The molecule has 15 heavy (non-hydrogen) atoms. The molecular formula is C11H15F2NO. The lowest BCUT2D eigenvalue weighted by Gasteiger charge is -2.19.